The molecule has 0 spiro atoms. The van der Waals surface area contributed by atoms with Crippen molar-refractivity contribution < 1.29 is 9.21 Å². The third-order valence-electron chi connectivity index (χ3n) is 3.96. The zero-order valence-electron chi connectivity index (χ0n) is 12.5. The molecule has 0 unspecified atom stereocenters. The van der Waals surface area contributed by atoms with Crippen LogP contribution in [0.2, 0.25) is 5.02 Å². The van der Waals surface area contributed by atoms with Gasteiger partial charge in [0.25, 0.3) is 5.22 Å². The Labute approximate surface area is 143 Å². The van der Waals surface area contributed by atoms with Gasteiger partial charge in [-0.1, -0.05) is 42.6 Å². The predicted octanol–water partition coefficient (Wildman–Crippen LogP) is 3.92. The molecule has 0 radical (unpaired) electrons. The van der Waals surface area contributed by atoms with E-state index in [4.69, 9.17) is 16.0 Å². The van der Waals surface area contributed by atoms with Gasteiger partial charge in [0.15, 0.2) is 5.58 Å². The van der Waals surface area contributed by atoms with Gasteiger partial charge in [-0.2, -0.15) is 5.26 Å². The minimum atomic E-state index is -0.704. The van der Waals surface area contributed by atoms with Gasteiger partial charge in [-0.05, 0) is 31.0 Å². The fourth-order valence-electron chi connectivity index (χ4n) is 2.79. The van der Waals surface area contributed by atoms with Crippen molar-refractivity contribution in [3.8, 4) is 6.07 Å². The van der Waals surface area contributed by atoms with Crippen molar-refractivity contribution in [2.45, 2.75) is 42.9 Å². The molecule has 1 aliphatic rings. The number of oxazole rings is 1. The van der Waals surface area contributed by atoms with Gasteiger partial charge >= 0.3 is 0 Å². The molecule has 7 heteroatoms. The lowest BCUT2D eigenvalue weighted by Crippen LogP contribution is -2.49. The number of amides is 1. The highest BCUT2D eigenvalue weighted by atomic mass is 35.5. The van der Waals surface area contributed by atoms with Crippen LogP contribution in [0.3, 0.4) is 0 Å². The summed E-state index contributed by atoms with van der Waals surface area (Å²) in [5.41, 5.74) is 0.601. The number of benzene rings is 1. The molecule has 0 atom stereocenters. The molecule has 2 aromatic rings. The van der Waals surface area contributed by atoms with Crippen molar-refractivity contribution in [1.82, 2.24) is 10.3 Å². The molecule has 1 fully saturated rings. The van der Waals surface area contributed by atoms with Crippen LogP contribution >= 0.6 is 23.4 Å². The summed E-state index contributed by atoms with van der Waals surface area (Å²) in [7, 11) is 0. The van der Waals surface area contributed by atoms with Crippen LogP contribution in [0, 0.1) is 11.3 Å². The minimum absolute atomic E-state index is 0.168. The molecule has 1 N–H and O–H groups in total. The maximum Gasteiger partial charge on any atom is 0.257 e. The quantitative estimate of drug-likeness (QED) is 0.846. The lowest BCUT2D eigenvalue weighted by Gasteiger charge is -2.31. The Morgan fingerprint density at radius 1 is 1.43 bits per heavy atom. The molecular formula is C16H16ClN3O2S. The van der Waals surface area contributed by atoms with Gasteiger partial charge < -0.3 is 9.73 Å². The summed E-state index contributed by atoms with van der Waals surface area (Å²) in [6.07, 6.45) is 4.53. The van der Waals surface area contributed by atoms with Crippen LogP contribution < -0.4 is 5.32 Å². The number of nitrogens with one attached hydrogen (secondary N) is 1. The topological polar surface area (TPSA) is 78.9 Å². The minimum Gasteiger partial charge on any atom is -0.431 e. The van der Waals surface area contributed by atoms with E-state index in [1.54, 1.807) is 18.2 Å². The number of hydrogen-bond donors (Lipinski definition) is 1. The van der Waals surface area contributed by atoms with Gasteiger partial charge in [-0.15, -0.1) is 0 Å². The van der Waals surface area contributed by atoms with E-state index in [2.05, 4.69) is 16.4 Å². The zero-order valence-corrected chi connectivity index (χ0v) is 14.0. The monoisotopic (exact) mass is 349 g/mol. The lowest BCUT2D eigenvalue weighted by molar-refractivity contribution is -0.120. The average Bonchev–Trinajstić information content (AvgIpc) is 2.96. The highest BCUT2D eigenvalue weighted by Gasteiger charge is 2.33. The fraction of sp³-hybridized carbons (Fsp3) is 0.438. The van der Waals surface area contributed by atoms with E-state index in [0.717, 1.165) is 32.1 Å². The van der Waals surface area contributed by atoms with Gasteiger partial charge in [0.05, 0.1) is 11.8 Å². The van der Waals surface area contributed by atoms with Crippen molar-refractivity contribution in [2.75, 3.05) is 5.75 Å². The standard InChI is InChI=1S/C16H16ClN3O2S/c17-11-4-5-13-12(8-11)19-15(22-13)23-9-14(21)20-16(10-18)6-2-1-3-7-16/h4-5,8H,1-3,6-7,9H2,(H,20,21). The first-order valence-electron chi connectivity index (χ1n) is 7.51. The Morgan fingerprint density at radius 3 is 2.96 bits per heavy atom. The van der Waals surface area contributed by atoms with Crippen LogP contribution in [0.15, 0.2) is 27.8 Å². The summed E-state index contributed by atoms with van der Waals surface area (Å²) in [5.74, 6) is 0.00278. The van der Waals surface area contributed by atoms with Crippen LogP contribution in [0.4, 0.5) is 0 Å². The summed E-state index contributed by atoms with van der Waals surface area (Å²) in [6, 6.07) is 7.48. The van der Waals surface area contributed by atoms with E-state index in [9.17, 15) is 10.1 Å². The number of hydrogen-bond acceptors (Lipinski definition) is 5. The number of nitriles is 1. The van der Waals surface area contributed by atoms with Crippen LogP contribution in [0.25, 0.3) is 11.1 Å². The van der Waals surface area contributed by atoms with E-state index in [1.165, 1.54) is 11.8 Å². The zero-order chi connectivity index (χ0) is 16.3. The van der Waals surface area contributed by atoms with E-state index >= 15 is 0 Å². The van der Waals surface area contributed by atoms with Crippen molar-refractivity contribution in [2.24, 2.45) is 0 Å². The molecule has 1 saturated carbocycles. The smallest absolute Gasteiger partial charge is 0.257 e. The maximum absolute atomic E-state index is 12.1. The number of halogens is 1. The van der Waals surface area contributed by atoms with E-state index in [-0.39, 0.29) is 11.7 Å². The van der Waals surface area contributed by atoms with Crippen LogP contribution in [-0.4, -0.2) is 22.2 Å². The van der Waals surface area contributed by atoms with Crippen LogP contribution in [-0.2, 0) is 4.79 Å². The van der Waals surface area contributed by atoms with Gasteiger partial charge in [-0.25, -0.2) is 4.98 Å². The second kappa shape index (κ2) is 6.81. The number of carbonyl (C=O) groups is 1. The van der Waals surface area contributed by atoms with Crippen LogP contribution in [0.1, 0.15) is 32.1 Å². The van der Waals surface area contributed by atoms with Gasteiger partial charge in [-0.3, -0.25) is 4.79 Å². The predicted molar refractivity (Wildman–Crippen MR) is 89.3 cm³/mol. The molecule has 23 heavy (non-hydrogen) atoms. The molecule has 120 valence electrons. The van der Waals surface area contributed by atoms with Gasteiger partial charge in [0.2, 0.25) is 5.91 Å². The largest absolute Gasteiger partial charge is 0.431 e. The first kappa shape index (κ1) is 16.2. The fourth-order valence-corrected chi connectivity index (χ4v) is 3.60. The van der Waals surface area contributed by atoms with Crippen molar-refractivity contribution in [1.29, 1.82) is 5.26 Å². The van der Waals surface area contributed by atoms with E-state index < -0.39 is 5.54 Å². The first-order valence-corrected chi connectivity index (χ1v) is 8.88. The average molecular weight is 350 g/mol. The third kappa shape index (κ3) is 3.80. The molecule has 1 aromatic heterocycles. The summed E-state index contributed by atoms with van der Waals surface area (Å²) in [5, 5.41) is 13.3. The van der Waals surface area contributed by atoms with E-state index in [0.29, 0.717) is 21.3 Å². The molecule has 5 nitrogen and oxygen atoms in total. The Kier molecular flexibility index (Phi) is 4.79. The molecule has 3 rings (SSSR count). The molecule has 0 aliphatic heterocycles. The Hall–Kier alpha value is -1.71. The molecular weight excluding hydrogens is 334 g/mol. The Balaban J connectivity index is 1.60. The number of nitrogens with zero attached hydrogens (tertiary/aromatic N) is 2. The number of aromatic nitrogens is 1. The van der Waals surface area contributed by atoms with Gasteiger partial charge in [0.1, 0.15) is 11.1 Å². The highest BCUT2D eigenvalue weighted by Crippen LogP contribution is 2.28. The summed E-state index contributed by atoms with van der Waals surface area (Å²) >= 11 is 7.13. The summed E-state index contributed by atoms with van der Waals surface area (Å²) in [4.78, 5) is 16.4. The number of fused-ring (bicyclic) bond motifs is 1. The lowest BCUT2D eigenvalue weighted by atomic mass is 9.83. The molecule has 1 amide bonds. The highest BCUT2D eigenvalue weighted by molar-refractivity contribution is 7.99. The summed E-state index contributed by atoms with van der Waals surface area (Å²) < 4.78 is 5.56. The summed E-state index contributed by atoms with van der Waals surface area (Å²) in [6.45, 7) is 0. The van der Waals surface area contributed by atoms with Crippen LogP contribution in [0.5, 0.6) is 0 Å². The number of thioether (sulfide) groups is 1. The normalized spacial score (nSPS) is 16.9. The van der Waals surface area contributed by atoms with Crippen molar-refractivity contribution >= 4 is 40.4 Å². The SMILES string of the molecule is N#CC1(NC(=O)CSc2nc3cc(Cl)ccc3o2)CCCCC1. The van der Waals surface area contributed by atoms with Crippen molar-refractivity contribution in [3.63, 3.8) is 0 Å². The molecule has 1 aliphatic carbocycles. The Bertz CT molecular complexity index is 762. The van der Waals surface area contributed by atoms with Crippen molar-refractivity contribution in [3.05, 3.63) is 23.2 Å². The second-order valence-corrected chi connectivity index (χ2v) is 7.05. The second-order valence-electron chi connectivity index (χ2n) is 5.68. The first-order chi connectivity index (χ1) is 11.1. The van der Waals surface area contributed by atoms with E-state index in [1.807, 2.05) is 0 Å². The Morgan fingerprint density at radius 2 is 2.22 bits per heavy atom. The number of rotatable bonds is 4. The molecule has 1 aromatic carbocycles. The molecule has 1 heterocycles. The molecule has 0 bridgehead atoms. The third-order valence-corrected chi connectivity index (χ3v) is 5.02. The maximum atomic E-state index is 12.1. The molecule has 0 saturated heterocycles. The van der Waals surface area contributed by atoms with Gasteiger partial charge in [0, 0.05) is 5.02 Å². The number of carbonyl (C=O) groups excluding carboxylic acids is 1.